The van der Waals surface area contributed by atoms with Crippen LogP contribution in [0.2, 0.25) is 0 Å². The molecule has 1 amide bonds. The van der Waals surface area contributed by atoms with Crippen LogP contribution in [-0.4, -0.2) is 35.1 Å². The van der Waals surface area contributed by atoms with Crippen molar-refractivity contribution in [2.75, 3.05) is 0 Å². The summed E-state index contributed by atoms with van der Waals surface area (Å²) in [5.74, 6) is -1.13. The van der Waals surface area contributed by atoms with E-state index in [0.29, 0.717) is 0 Å². The lowest BCUT2D eigenvalue weighted by atomic mass is 10.0. The van der Waals surface area contributed by atoms with Gasteiger partial charge in [0.25, 0.3) is 0 Å². The molecule has 18 heavy (non-hydrogen) atoms. The number of hydrogen-bond donors (Lipinski definition) is 3. The van der Waals surface area contributed by atoms with Crippen molar-refractivity contribution in [2.24, 2.45) is 5.92 Å². The fraction of sp³-hybridized carbons (Fsp3) is 0.846. The van der Waals surface area contributed by atoms with Crippen LogP contribution in [0, 0.1) is 5.92 Å². The molecule has 0 rings (SSSR count). The number of nitrogens with one attached hydrogen (secondary N) is 2. The predicted octanol–water partition coefficient (Wildman–Crippen LogP) is 1.38. The Kier molecular flexibility index (Phi) is 7.59. The fourth-order valence-electron chi connectivity index (χ4n) is 1.71. The van der Waals surface area contributed by atoms with E-state index < -0.39 is 18.1 Å². The molecule has 0 aromatic carbocycles. The molecule has 0 saturated heterocycles. The summed E-state index contributed by atoms with van der Waals surface area (Å²) in [6.45, 7) is 9.35. The zero-order chi connectivity index (χ0) is 14.3. The van der Waals surface area contributed by atoms with Crippen LogP contribution in [0.25, 0.3) is 0 Å². The van der Waals surface area contributed by atoms with Gasteiger partial charge in [0.1, 0.15) is 6.04 Å². The SMILES string of the molecule is CCC(CC)NC(=O)C(C)NC(C(=O)O)C(C)C. The monoisotopic (exact) mass is 258 g/mol. The first kappa shape index (κ1) is 16.9. The van der Waals surface area contributed by atoms with Gasteiger partial charge in [0, 0.05) is 6.04 Å². The molecule has 5 nitrogen and oxygen atoms in total. The molecule has 0 aliphatic carbocycles. The van der Waals surface area contributed by atoms with Crippen molar-refractivity contribution in [2.45, 2.75) is 65.6 Å². The van der Waals surface area contributed by atoms with Gasteiger partial charge in [-0.25, -0.2) is 0 Å². The number of rotatable bonds is 8. The number of carbonyl (C=O) groups is 2. The molecule has 2 unspecified atom stereocenters. The molecule has 0 radical (unpaired) electrons. The van der Waals surface area contributed by atoms with Gasteiger partial charge in [-0.05, 0) is 25.7 Å². The second kappa shape index (κ2) is 8.08. The maximum absolute atomic E-state index is 11.9. The Morgan fingerprint density at radius 2 is 1.61 bits per heavy atom. The average molecular weight is 258 g/mol. The first-order valence-corrected chi connectivity index (χ1v) is 6.62. The standard InChI is InChI=1S/C13H26N2O3/c1-6-10(7-2)15-12(16)9(5)14-11(8(3)4)13(17)18/h8-11,14H,6-7H2,1-5H3,(H,15,16)(H,17,18). The third-order valence-corrected chi connectivity index (χ3v) is 3.09. The van der Waals surface area contributed by atoms with E-state index in [1.54, 1.807) is 6.92 Å². The van der Waals surface area contributed by atoms with E-state index >= 15 is 0 Å². The van der Waals surface area contributed by atoms with Gasteiger partial charge in [-0.2, -0.15) is 0 Å². The number of carboxylic acid groups (broad SMARTS) is 1. The van der Waals surface area contributed by atoms with Crippen LogP contribution in [-0.2, 0) is 9.59 Å². The van der Waals surface area contributed by atoms with Gasteiger partial charge in [-0.1, -0.05) is 27.7 Å². The molecule has 2 atom stereocenters. The molecule has 0 aromatic heterocycles. The number of aliphatic carboxylic acids is 1. The second-order valence-corrected chi connectivity index (χ2v) is 4.97. The molecule has 106 valence electrons. The highest BCUT2D eigenvalue weighted by molar-refractivity contribution is 5.83. The van der Waals surface area contributed by atoms with Gasteiger partial charge in [0.05, 0.1) is 6.04 Å². The first-order chi connectivity index (χ1) is 8.33. The Bertz CT molecular complexity index is 275. The predicted molar refractivity (Wildman–Crippen MR) is 71.4 cm³/mol. The molecule has 0 aromatic rings. The molecule has 0 fully saturated rings. The Balaban J connectivity index is 4.41. The zero-order valence-electron chi connectivity index (χ0n) is 12.0. The highest BCUT2D eigenvalue weighted by Crippen LogP contribution is 2.04. The van der Waals surface area contributed by atoms with Gasteiger partial charge in [0.15, 0.2) is 0 Å². The molecule has 0 heterocycles. The van der Waals surface area contributed by atoms with E-state index in [-0.39, 0.29) is 17.9 Å². The smallest absolute Gasteiger partial charge is 0.320 e. The molecule has 0 spiro atoms. The number of carbonyl (C=O) groups excluding carboxylic acids is 1. The fourth-order valence-corrected chi connectivity index (χ4v) is 1.71. The lowest BCUT2D eigenvalue weighted by Crippen LogP contribution is -2.52. The molecule has 3 N–H and O–H groups in total. The lowest BCUT2D eigenvalue weighted by molar-refractivity contribution is -0.141. The van der Waals surface area contributed by atoms with Gasteiger partial charge in [0.2, 0.25) is 5.91 Å². The van der Waals surface area contributed by atoms with Gasteiger partial charge in [-0.3, -0.25) is 14.9 Å². The van der Waals surface area contributed by atoms with Crippen molar-refractivity contribution < 1.29 is 14.7 Å². The minimum Gasteiger partial charge on any atom is -0.480 e. The highest BCUT2D eigenvalue weighted by atomic mass is 16.4. The summed E-state index contributed by atoms with van der Waals surface area (Å²) in [6.07, 6.45) is 1.75. The number of amides is 1. The van der Waals surface area contributed by atoms with Crippen molar-refractivity contribution in [3.63, 3.8) is 0 Å². The Labute approximate surface area is 109 Å². The maximum Gasteiger partial charge on any atom is 0.320 e. The van der Waals surface area contributed by atoms with E-state index in [1.807, 2.05) is 27.7 Å². The molecule has 0 aliphatic heterocycles. The van der Waals surface area contributed by atoms with E-state index in [9.17, 15) is 9.59 Å². The lowest BCUT2D eigenvalue weighted by Gasteiger charge is -2.24. The van der Waals surface area contributed by atoms with E-state index in [4.69, 9.17) is 5.11 Å². The molecular weight excluding hydrogens is 232 g/mol. The molecule has 0 bridgehead atoms. The highest BCUT2D eigenvalue weighted by Gasteiger charge is 2.26. The van der Waals surface area contributed by atoms with Crippen molar-refractivity contribution >= 4 is 11.9 Å². The summed E-state index contributed by atoms with van der Waals surface area (Å²) in [4.78, 5) is 22.9. The van der Waals surface area contributed by atoms with E-state index in [0.717, 1.165) is 12.8 Å². The minimum absolute atomic E-state index is 0.0640. The summed E-state index contributed by atoms with van der Waals surface area (Å²) in [5.41, 5.74) is 0. The molecule has 0 saturated carbocycles. The molecular formula is C13H26N2O3. The van der Waals surface area contributed by atoms with Gasteiger partial charge in [-0.15, -0.1) is 0 Å². The average Bonchev–Trinajstić information content (AvgIpc) is 2.31. The van der Waals surface area contributed by atoms with Crippen LogP contribution in [0.4, 0.5) is 0 Å². The Hall–Kier alpha value is -1.10. The van der Waals surface area contributed by atoms with Gasteiger partial charge < -0.3 is 10.4 Å². The summed E-state index contributed by atoms with van der Waals surface area (Å²) in [7, 11) is 0. The van der Waals surface area contributed by atoms with E-state index in [1.165, 1.54) is 0 Å². The normalized spacial score (nSPS) is 14.6. The van der Waals surface area contributed by atoms with Gasteiger partial charge >= 0.3 is 5.97 Å². The minimum atomic E-state index is -0.924. The van der Waals surface area contributed by atoms with Crippen LogP contribution in [0.3, 0.4) is 0 Å². The topological polar surface area (TPSA) is 78.4 Å². The van der Waals surface area contributed by atoms with Crippen molar-refractivity contribution in [3.05, 3.63) is 0 Å². The number of hydrogen-bond acceptors (Lipinski definition) is 3. The first-order valence-electron chi connectivity index (χ1n) is 6.62. The Morgan fingerprint density at radius 3 is 1.94 bits per heavy atom. The molecule has 0 aliphatic rings. The second-order valence-electron chi connectivity index (χ2n) is 4.97. The quantitative estimate of drug-likeness (QED) is 0.614. The van der Waals surface area contributed by atoms with Crippen molar-refractivity contribution in [3.8, 4) is 0 Å². The summed E-state index contributed by atoms with van der Waals surface area (Å²) in [6, 6.07) is -1.05. The van der Waals surface area contributed by atoms with Crippen molar-refractivity contribution in [1.82, 2.24) is 10.6 Å². The van der Waals surface area contributed by atoms with E-state index in [2.05, 4.69) is 10.6 Å². The van der Waals surface area contributed by atoms with Crippen LogP contribution in [0.5, 0.6) is 0 Å². The van der Waals surface area contributed by atoms with Crippen LogP contribution < -0.4 is 10.6 Å². The van der Waals surface area contributed by atoms with Crippen LogP contribution in [0.1, 0.15) is 47.5 Å². The third-order valence-electron chi connectivity index (χ3n) is 3.09. The van der Waals surface area contributed by atoms with Crippen molar-refractivity contribution in [1.29, 1.82) is 0 Å². The van der Waals surface area contributed by atoms with Crippen LogP contribution >= 0.6 is 0 Å². The molecule has 5 heteroatoms. The summed E-state index contributed by atoms with van der Waals surface area (Å²) in [5, 5.41) is 14.8. The Morgan fingerprint density at radius 1 is 1.11 bits per heavy atom. The maximum atomic E-state index is 11.9. The largest absolute Gasteiger partial charge is 0.480 e. The summed E-state index contributed by atoms with van der Waals surface area (Å²) < 4.78 is 0. The third kappa shape index (κ3) is 5.49. The van der Waals surface area contributed by atoms with Crippen LogP contribution in [0.15, 0.2) is 0 Å². The summed E-state index contributed by atoms with van der Waals surface area (Å²) >= 11 is 0. The number of carboxylic acids is 1. The zero-order valence-corrected chi connectivity index (χ0v) is 12.0.